The van der Waals surface area contributed by atoms with Crippen LogP contribution in [0, 0.1) is 13.8 Å². The molecule has 0 bridgehead atoms. The Balaban J connectivity index is 2.15. The van der Waals surface area contributed by atoms with Crippen molar-refractivity contribution < 1.29 is 4.79 Å². The number of carbonyl (C=O) groups is 1. The van der Waals surface area contributed by atoms with Crippen molar-refractivity contribution in [2.24, 2.45) is 0 Å². The Morgan fingerprint density at radius 3 is 2.52 bits per heavy atom. The maximum atomic E-state index is 12.3. The van der Waals surface area contributed by atoms with Gasteiger partial charge in [0.2, 0.25) is 0 Å². The highest BCUT2D eigenvalue weighted by Crippen LogP contribution is 2.14. The third-order valence-electron chi connectivity index (χ3n) is 3.64. The molecule has 114 valence electrons. The van der Waals surface area contributed by atoms with Gasteiger partial charge in [0.15, 0.2) is 0 Å². The van der Waals surface area contributed by atoms with E-state index in [1.54, 1.807) is 4.68 Å². The number of anilines is 1. The Bertz CT molecular complexity index is 655. The first-order chi connectivity index (χ1) is 9.99. The van der Waals surface area contributed by atoms with Crippen molar-refractivity contribution in [3.05, 3.63) is 28.8 Å². The summed E-state index contributed by atoms with van der Waals surface area (Å²) in [5, 5.41) is 11.4. The van der Waals surface area contributed by atoms with Crippen LogP contribution < -0.4 is 11.1 Å². The maximum absolute atomic E-state index is 12.3. The Morgan fingerprint density at radius 2 is 1.95 bits per heavy atom. The monoisotopic (exact) mass is 290 g/mol. The first kappa shape index (κ1) is 15.1. The first-order valence-electron chi connectivity index (χ1n) is 7.11. The topological polar surface area (TPSA) is 90.8 Å². The molecule has 2 aromatic rings. The van der Waals surface area contributed by atoms with Gasteiger partial charge >= 0.3 is 0 Å². The van der Waals surface area contributed by atoms with Gasteiger partial charge in [-0.1, -0.05) is 0 Å². The highest BCUT2D eigenvalue weighted by atomic mass is 16.2. The van der Waals surface area contributed by atoms with Gasteiger partial charge in [0, 0.05) is 30.9 Å². The molecule has 0 aliphatic heterocycles. The van der Waals surface area contributed by atoms with Crippen molar-refractivity contribution >= 4 is 11.6 Å². The summed E-state index contributed by atoms with van der Waals surface area (Å²) >= 11 is 0. The molecule has 0 aliphatic carbocycles. The lowest BCUT2D eigenvalue weighted by Crippen LogP contribution is -2.27. The summed E-state index contributed by atoms with van der Waals surface area (Å²) in [4.78, 5) is 12.3. The quantitative estimate of drug-likeness (QED) is 0.867. The van der Waals surface area contributed by atoms with Crippen molar-refractivity contribution in [3.8, 4) is 0 Å². The average Bonchev–Trinajstić information content (AvgIpc) is 2.97. The van der Waals surface area contributed by atoms with Crippen molar-refractivity contribution in [3.63, 3.8) is 0 Å². The number of nitrogen functional groups attached to an aromatic ring is 1. The number of aromatic nitrogens is 4. The summed E-state index contributed by atoms with van der Waals surface area (Å²) in [5.41, 5.74) is 9.68. The molecule has 2 heterocycles. The van der Waals surface area contributed by atoms with Crippen LogP contribution in [0.3, 0.4) is 0 Å². The molecule has 0 saturated heterocycles. The summed E-state index contributed by atoms with van der Waals surface area (Å²) in [7, 11) is 0. The predicted molar refractivity (Wildman–Crippen MR) is 80.9 cm³/mol. The molecule has 0 radical (unpaired) electrons. The lowest BCUT2D eigenvalue weighted by Gasteiger charge is -2.08. The number of nitrogens with two attached hydrogens (primary N) is 1. The van der Waals surface area contributed by atoms with Gasteiger partial charge in [-0.25, -0.2) is 0 Å². The average molecular weight is 290 g/mol. The number of amides is 1. The zero-order valence-corrected chi connectivity index (χ0v) is 13.0. The molecule has 21 heavy (non-hydrogen) atoms. The van der Waals surface area contributed by atoms with Crippen LogP contribution in [0.2, 0.25) is 0 Å². The zero-order chi connectivity index (χ0) is 15.6. The molecule has 7 heteroatoms. The highest BCUT2D eigenvalue weighted by Gasteiger charge is 2.17. The second-order valence-corrected chi connectivity index (χ2v) is 4.91. The smallest absolute Gasteiger partial charge is 0.271 e. The summed E-state index contributed by atoms with van der Waals surface area (Å²) < 4.78 is 3.53. The third kappa shape index (κ3) is 2.76. The maximum Gasteiger partial charge on any atom is 0.271 e. The molecular weight excluding hydrogens is 268 g/mol. The molecule has 0 saturated carbocycles. The standard InChI is InChI=1S/C14H22N6O/c1-5-19-10(4)11(9(3)18-19)7-16-14(21)13-12(15)8-17-20(13)6-2/h8H,5-7,15H2,1-4H3,(H,16,21). The third-order valence-corrected chi connectivity index (χ3v) is 3.64. The van der Waals surface area contributed by atoms with Gasteiger partial charge in [0.25, 0.3) is 5.91 Å². The van der Waals surface area contributed by atoms with E-state index in [1.807, 2.05) is 32.4 Å². The van der Waals surface area contributed by atoms with Crippen LogP contribution in [0.4, 0.5) is 5.69 Å². The zero-order valence-electron chi connectivity index (χ0n) is 13.0. The summed E-state index contributed by atoms with van der Waals surface area (Å²) in [6.07, 6.45) is 1.50. The Labute approximate surface area is 124 Å². The Kier molecular flexibility index (Phi) is 4.30. The number of rotatable bonds is 5. The lowest BCUT2D eigenvalue weighted by molar-refractivity contribution is 0.0941. The molecule has 0 aliphatic rings. The first-order valence-corrected chi connectivity index (χ1v) is 7.11. The summed E-state index contributed by atoms with van der Waals surface area (Å²) in [5.74, 6) is -0.213. The lowest BCUT2D eigenvalue weighted by atomic mass is 10.2. The van der Waals surface area contributed by atoms with Gasteiger partial charge in [-0.15, -0.1) is 0 Å². The van der Waals surface area contributed by atoms with E-state index in [2.05, 4.69) is 15.5 Å². The molecule has 3 N–H and O–H groups in total. The molecule has 7 nitrogen and oxygen atoms in total. The number of carbonyl (C=O) groups excluding carboxylic acids is 1. The van der Waals surface area contributed by atoms with Gasteiger partial charge in [-0.3, -0.25) is 14.2 Å². The van der Waals surface area contributed by atoms with Crippen molar-refractivity contribution in [1.29, 1.82) is 0 Å². The van der Waals surface area contributed by atoms with E-state index in [0.29, 0.717) is 24.5 Å². The molecule has 2 aromatic heterocycles. The van der Waals surface area contributed by atoms with Crippen LogP contribution in [-0.4, -0.2) is 25.5 Å². The van der Waals surface area contributed by atoms with E-state index in [-0.39, 0.29) is 5.91 Å². The second-order valence-electron chi connectivity index (χ2n) is 4.91. The molecule has 0 unspecified atom stereocenters. The van der Waals surface area contributed by atoms with E-state index in [9.17, 15) is 4.79 Å². The number of nitrogens with zero attached hydrogens (tertiary/aromatic N) is 4. The van der Waals surface area contributed by atoms with E-state index < -0.39 is 0 Å². The largest absolute Gasteiger partial charge is 0.396 e. The molecule has 0 fully saturated rings. The van der Waals surface area contributed by atoms with Crippen molar-refractivity contribution in [2.75, 3.05) is 5.73 Å². The minimum Gasteiger partial charge on any atom is -0.396 e. The number of hydrogen-bond acceptors (Lipinski definition) is 4. The molecule has 0 atom stereocenters. The van der Waals surface area contributed by atoms with Gasteiger partial charge in [0.05, 0.1) is 17.6 Å². The van der Waals surface area contributed by atoms with Crippen LogP contribution in [-0.2, 0) is 19.6 Å². The van der Waals surface area contributed by atoms with Crippen molar-refractivity contribution in [2.45, 2.75) is 47.3 Å². The fourth-order valence-electron chi connectivity index (χ4n) is 2.44. The van der Waals surface area contributed by atoms with Gasteiger partial charge in [0.1, 0.15) is 5.69 Å². The second kappa shape index (κ2) is 5.99. The van der Waals surface area contributed by atoms with Gasteiger partial charge in [-0.2, -0.15) is 10.2 Å². The minimum atomic E-state index is -0.213. The van der Waals surface area contributed by atoms with Crippen LogP contribution >= 0.6 is 0 Å². The fraction of sp³-hybridized carbons (Fsp3) is 0.500. The van der Waals surface area contributed by atoms with Gasteiger partial charge in [-0.05, 0) is 27.7 Å². The van der Waals surface area contributed by atoms with Crippen molar-refractivity contribution in [1.82, 2.24) is 24.9 Å². The molecular formula is C14H22N6O. The number of aryl methyl sites for hydroxylation is 3. The molecule has 2 rings (SSSR count). The summed E-state index contributed by atoms with van der Waals surface area (Å²) in [6.45, 7) is 9.78. The number of nitrogens with one attached hydrogen (secondary N) is 1. The predicted octanol–water partition coefficient (Wildman–Crippen LogP) is 1.25. The molecule has 1 amide bonds. The SMILES string of the molecule is CCn1nc(C)c(CNC(=O)c2c(N)cnn2CC)c1C. The molecule has 0 spiro atoms. The number of hydrogen-bond donors (Lipinski definition) is 2. The van der Waals surface area contributed by atoms with E-state index in [4.69, 9.17) is 5.73 Å². The Hall–Kier alpha value is -2.31. The fourth-order valence-corrected chi connectivity index (χ4v) is 2.44. The Morgan fingerprint density at radius 1 is 1.29 bits per heavy atom. The van der Waals surface area contributed by atoms with Gasteiger partial charge < -0.3 is 11.1 Å². The van der Waals surface area contributed by atoms with Crippen LogP contribution in [0.25, 0.3) is 0 Å². The normalized spacial score (nSPS) is 10.9. The van der Waals surface area contributed by atoms with E-state index in [1.165, 1.54) is 6.20 Å². The van der Waals surface area contributed by atoms with E-state index in [0.717, 1.165) is 23.5 Å². The van der Waals surface area contributed by atoms with Crippen LogP contribution in [0.5, 0.6) is 0 Å². The van der Waals surface area contributed by atoms with E-state index >= 15 is 0 Å². The highest BCUT2D eigenvalue weighted by molar-refractivity contribution is 5.97. The summed E-state index contributed by atoms with van der Waals surface area (Å²) in [6, 6.07) is 0. The molecule has 0 aromatic carbocycles. The van der Waals surface area contributed by atoms with Crippen LogP contribution in [0.1, 0.15) is 41.3 Å². The minimum absolute atomic E-state index is 0.213. The van der Waals surface area contributed by atoms with Crippen LogP contribution in [0.15, 0.2) is 6.20 Å².